The Labute approximate surface area is 232 Å². The Kier molecular flexibility index (Phi) is 7.51. The molecule has 212 valence electrons. The minimum absolute atomic E-state index is 0.0414. The predicted octanol–water partition coefficient (Wildman–Crippen LogP) is 4.83. The fourth-order valence-electron chi connectivity index (χ4n) is 4.75. The molecule has 0 radical (unpaired) electrons. The van der Waals surface area contributed by atoms with E-state index in [2.05, 4.69) is 10.3 Å². The van der Waals surface area contributed by atoms with Crippen molar-refractivity contribution in [3.63, 3.8) is 0 Å². The van der Waals surface area contributed by atoms with Gasteiger partial charge in [-0.05, 0) is 52.7 Å². The zero-order chi connectivity index (χ0) is 28.4. The molecule has 40 heavy (non-hydrogen) atoms. The maximum atomic E-state index is 12.8. The average Bonchev–Trinajstić information content (AvgIpc) is 3.63. The van der Waals surface area contributed by atoms with Gasteiger partial charge in [-0.15, -0.1) is 5.10 Å². The third-order valence-corrected chi connectivity index (χ3v) is 6.74. The quantitative estimate of drug-likeness (QED) is 0.342. The van der Waals surface area contributed by atoms with E-state index in [1.165, 1.54) is 6.26 Å². The van der Waals surface area contributed by atoms with Crippen molar-refractivity contribution in [2.24, 2.45) is 0 Å². The second-order valence-corrected chi connectivity index (χ2v) is 10.7. The zero-order valence-electron chi connectivity index (χ0n) is 23.7. The van der Waals surface area contributed by atoms with E-state index in [0.717, 1.165) is 24.0 Å². The topological polar surface area (TPSA) is 129 Å². The van der Waals surface area contributed by atoms with Gasteiger partial charge in [0, 0.05) is 42.7 Å². The van der Waals surface area contributed by atoms with Gasteiger partial charge in [0.1, 0.15) is 29.1 Å². The first-order chi connectivity index (χ1) is 19.2. The monoisotopic (exact) mass is 549 g/mol. The number of nitrogens with zero attached hydrogens (tertiary/aromatic N) is 6. The van der Waals surface area contributed by atoms with Crippen LogP contribution in [0.15, 0.2) is 35.1 Å². The number of fused-ring (bicyclic) bond motifs is 1. The van der Waals surface area contributed by atoms with Crippen LogP contribution < -0.4 is 14.8 Å². The van der Waals surface area contributed by atoms with Crippen LogP contribution >= 0.6 is 0 Å². The Bertz CT molecular complexity index is 1490. The number of hydrogen-bond acceptors (Lipinski definition) is 10. The molecule has 1 saturated heterocycles. The van der Waals surface area contributed by atoms with Crippen LogP contribution in [0.5, 0.6) is 11.5 Å². The van der Waals surface area contributed by atoms with Crippen molar-refractivity contribution in [3.8, 4) is 23.1 Å². The lowest BCUT2D eigenvalue weighted by Crippen LogP contribution is -2.42. The number of amides is 1. The van der Waals surface area contributed by atoms with Crippen molar-refractivity contribution >= 4 is 17.7 Å². The number of piperidine rings is 1. The molecule has 1 amide bonds. The number of likely N-dealkylation sites (tertiary alicyclic amines) is 1. The van der Waals surface area contributed by atoms with E-state index in [4.69, 9.17) is 33.7 Å². The molecule has 5 rings (SSSR count). The third-order valence-electron chi connectivity index (χ3n) is 6.74. The number of carbonyl (C=O) groups excluding carboxylic acids is 1. The van der Waals surface area contributed by atoms with E-state index >= 15 is 0 Å². The lowest BCUT2D eigenvalue weighted by molar-refractivity contribution is 0.0196. The van der Waals surface area contributed by atoms with Crippen molar-refractivity contribution in [2.45, 2.75) is 58.6 Å². The molecule has 4 aromatic rings. The zero-order valence-corrected chi connectivity index (χ0v) is 23.7. The van der Waals surface area contributed by atoms with Crippen LogP contribution in [0.2, 0.25) is 0 Å². The van der Waals surface area contributed by atoms with Gasteiger partial charge in [0.2, 0.25) is 11.8 Å². The first kappa shape index (κ1) is 27.2. The van der Waals surface area contributed by atoms with Gasteiger partial charge in [-0.2, -0.15) is 4.52 Å². The molecule has 1 unspecified atom stereocenters. The molecule has 4 heterocycles. The molecule has 0 aliphatic carbocycles. The van der Waals surface area contributed by atoms with Crippen LogP contribution in [-0.4, -0.2) is 68.5 Å². The summed E-state index contributed by atoms with van der Waals surface area (Å²) in [6.45, 7) is 9.06. The first-order valence-corrected chi connectivity index (χ1v) is 13.3. The van der Waals surface area contributed by atoms with Crippen LogP contribution in [0.25, 0.3) is 17.2 Å². The van der Waals surface area contributed by atoms with Gasteiger partial charge in [0.25, 0.3) is 0 Å². The number of rotatable bonds is 7. The Morgan fingerprint density at radius 3 is 2.73 bits per heavy atom. The molecule has 12 heteroatoms. The minimum Gasteiger partial charge on any atom is -0.497 e. The number of aryl methyl sites for hydroxylation is 1. The third kappa shape index (κ3) is 5.65. The van der Waals surface area contributed by atoms with Gasteiger partial charge < -0.3 is 28.8 Å². The Balaban J connectivity index is 1.49. The first-order valence-electron chi connectivity index (χ1n) is 13.3. The highest BCUT2D eigenvalue weighted by molar-refractivity contribution is 5.69. The lowest BCUT2D eigenvalue weighted by atomic mass is 9.98. The number of oxazole rings is 1. The average molecular weight is 550 g/mol. The summed E-state index contributed by atoms with van der Waals surface area (Å²) < 4.78 is 23.8. The molecule has 0 bridgehead atoms. The van der Waals surface area contributed by atoms with Gasteiger partial charge in [-0.1, -0.05) is 0 Å². The van der Waals surface area contributed by atoms with Gasteiger partial charge in [0.15, 0.2) is 11.5 Å². The lowest BCUT2D eigenvalue weighted by Gasteiger charge is -2.33. The minimum atomic E-state index is -0.558. The van der Waals surface area contributed by atoms with Gasteiger partial charge >= 0.3 is 6.09 Å². The van der Waals surface area contributed by atoms with E-state index in [-0.39, 0.29) is 12.0 Å². The second-order valence-electron chi connectivity index (χ2n) is 10.7. The summed E-state index contributed by atoms with van der Waals surface area (Å²) in [5.74, 6) is 2.87. The van der Waals surface area contributed by atoms with Crippen molar-refractivity contribution in [2.75, 3.05) is 32.6 Å². The SMILES string of the molecule is COc1ccc(CNc2nc(-c3ncco3)c(C)c3nc(C4CCCN(C(=O)OC(C)(C)C)C4)nn23)c(OC)c1. The number of hydrogen-bond donors (Lipinski definition) is 1. The smallest absolute Gasteiger partial charge is 0.410 e. The molecular weight excluding hydrogens is 514 g/mol. The summed E-state index contributed by atoms with van der Waals surface area (Å²) in [5, 5.41) is 8.26. The van der Waals surface area contributed by atoms with Crippen LogP contribution in [0.3, 0.4) is 0 Å². The van der Waals surface area contributed by atoms with E-state index in [0.29, 0.717) is 60.1 Å². The molecule has 1 aromatic carbocycles. The molecule has 1 atom stereocenters. The molecule has 1 N–H and O–H groups in total. The predicted molar refractivity (Wildman–Crippen MR) is 148 cm³/mol. The van der Waals surface area contributed by atoms with E-state index in [9.17, 15) is 4.79 Å². The normalized spacial score (nSPS) is 15.8. The largest absolute Gasteiger partial charge is 0.497 e. The molecule has 1 aliphatic rings. The fourth-order valence-corrected chi connectivity index (χ4v) is 4.75. The Morgan fingerprint density at radius 2 is 2.02 bits per heavy atom. The highest BCUT2D eigenvalue weighted by Crippen LogP contribution is 2.31. The standard InChI is InChI=1S/C28H35N7O5/c1-17-22(25-29-11-13-39-25)31-26(30-15-18-9-10-20(37-5)14-21(18)38-6)35-24(17)32-23(33-35)19-8-7-12-34(16-19)27(36)40-28(2,3)4/h9-11,13-14,19H,7-8,12,15-16H2,1-6H3,(H,30,31). The molecule has 3 aromatic heterocycles. The Morgan fingerprint density at radius 1 is 1.20 bits per heavy atom. The van der Waals surface area contributed by atoms with Gasteiger partial charge in [-0.3, -0.25) is 0 Å². The van der Waals surface area contributed by atoms with Crippen LogP contribution in [-0.2, 0) is 11.3 Å². The van der Waals surface area contributed by atoms with Gasteiger partial charge in [-0.25, -0.2) is 19.7 Å². The number of anilines is 1. The summed E-state index contributed by atoms with van der Waals surface area (Å²) in [4.78, 5) is 28.6. The number of benzene rings is 1. The van der Waals surface area contributed by atoms with Crippen LogP contribution in [0.1, 0.15) is 56.5 Å². The van der Waals surface area contributed by atoms with Crippen LogP contribution in [0.4, 0.5) is 10.7 Å². The summed E-state index contributed by atoms with van der Waals surface area (Å²) in [6.07, 6.45) is 4.47. The molecule has 0 spiro atoms. The van der Waals surface area contributed by atoms with Crippen molar-refractivity contribution in [1.29, 1.82) is 0 Å². The highest BCUT2D eigenvalue weighted by Gasteiger charge is 2.31. The molecular formula is C28H35N7O5. The number of methoxy groups -OCH3 is 2. The number of carbonyl (C=O) groups is 1. The van der Waals surface area contributed by atoms with Crippen molar-refractivity contribution < 1.29 is 23.4 Å². The maximum absolute atomic E-state index is 12.8. The summed E-state index contributed by atoms with van der Waals surface area (Å²) in [6, 6.07) is 5.65. The van der Waals surface area contributed by atoms with Gasteiger partial charge in [0.05, 0.1) is 20.4 Å². The summed E-state index contributed by atoms with van der Waals surface area (Å²) in [5.41, 5.74) is 2.35. The van der Waals surface area contributed by atoms with E-state index in [1.54, 1.807) is 29.8 Å². The van der Waals surface area contributed by atoms with Crippen molar-refractivity contribution in [3.05, 3.63) is 47.6 Å². The second kappa shape index (κ2) is 11.0. The summed E-state index contributed by atoms with van der Waals surface area (Å²) >= 11 is 0. The molecule has 1 fully saturated rings. The molecule has 1 aliphatic heterocycles. The summed E-state index contributed by atoms with van der Waals surface area (Å²) in [7, 11) is 3.24. The van der Waals surface area contributed by atoms with E-state index < -0.39 is 5.60 Å². The van der Waals surface area contributed by atoms with Crippen LogP contribution in [0, 0.1) is 6.92 Å². The molecule has 12 nitrogen and oxygen atoms in total. The fraction of sp³-hybridized carbons (Fsp3) is 0.464. The molecule has 0 saturated carbocycles. The Hall–Kier alpha value is -4.35. The number of aromatic nitrogens is 5. The highest BCUT2D eigenvalue weighted by atomic mass is 16.6. The maximum Gasteiger partial charge on any atom is 0.410 e. The van der Waals surface area contributed by atoms with E-state index in [1.807, 2.05) is 45.9 Å². The number of ether oxygens (including phenoxy) is 3. The number of nitrogens with one attached hydrogen (secondary N) is 1. The van der Waals surface area contributed by atoms with Crippen molar-refractivity contribution in [1.82, 2.24) is 29.5 Å².